The van der Waals surface area contributed by atoms with Crippen molar-refractivity contribution in [2.24, 2.45) is 5.92 Å². The molecule has 2 atom stereocenters. The van der Waals surface area contributed by atoms with Gasteiger partial charge in [0.2, 0.25) is 0 Å². The van der Waals surface area contributed by atoms with Crippen molar-refractivity contribution in [2.75, 3.05) is 13.7 Å². The van der Waals surface area contributed by atoms with Gasteiger partial charge in [-0.05, 0) is 24.1 Å². The molecule has 2 aromatic carbocycles. The van der Waals surface area contributed by atoms with Gasteiger partial charge in [0.25, 0.3) is 0 Å². The van der Waals surface area contributed by atoms with Crippen LogP contribution in [-0.2, 0) is 9.53 Å². The second-order valence-corrected chi connectivity index (χ2v) is 5.41. The summed E-state index contributed by atoms with van der Waals surface area (Å²) in [7, 11) is 1.53. The normalized spacial score (nSPS) is 19.3. The van der Waals surface area contributed by atoms with Gasteiger partial charge in [0.05, 0.1) is 19.3 Å². The summed E-state index contributed by atoms with van der Waals surface area (Å²) in [6.07, 6.45) is 0. The van der Waals surface area contributed by atoms with Crippen molar-refractivity contribution in [1.29, 1.82) is 0 Å². The fourth-order valence-corrected chi connectivity index (χ4v) is 3.24. The van der Waals surface area contributed by atoms with Crippen LogP contribution < -0.4 is 4.74 Å². The van der Waals surface area contributed by atoms with E-state index in [1.807, 2.05) is 42.5 Å². The molecule has 1 aliphatic rings. The monoisotopic (exact) mass is 310 g/mol. The maximum atomic E-state index is 12.9. The Balaban J connectivity index is 2.17. The van der Waals surface area contributed by atoms with Crippen molar-refractivity contribution in [3.63, 3.8) is 0 Å². The molecule has 0 bridgehead atoms. The molecule has 0 spiro atoms. The summed E-state index contributed by atoms with van der Waals surface area (Å²) in [5, 5.41) is 0. The van der Waals surface area contributed by atoms with E-state index < -0.39 is 11.9 Å². The number of carbonyl (C=O) groups is 2. The first-order valence-corrected chi connectivity index (χ1v) is 7.61. The van der Waals surface area contributed by atoms with E-state index in [1.54, 1.807) is 13.0 Å². The summed E-state index contributed by atoms with van der Waals surface area (Å²) >= 11 is 0. The summed E-state index contributed by atoms with van der Waals surface area (Å²) in [6.45, 7) is 1.99. The third kappa shape index (κ3) is 2.50. The van der Waals surface area contributed by atoms with E-state index in [1.165, 1.54) is 7.11 Å². The van der Waals surface area contributed by atoms with Crippen LogP contribution in [-0.4, -0.2) is 25.5 Å². The summed E-state index contributed by atoms with van der Waals surface area (Å²) < 4.78 is 10.5. The van der Waals surface area contributed by atoms with Crippen LogP contribution >= 0.6 is 0 Å². The zero-order valence-corrected chi connectivity index (χ0v) is 13.1. The van der Waals surface area contributed by atoms with E-state index in [2.05, 4.69) is 0 Å². The van der Waals surface area contributed by atoms with E-state index in [9.17, 15) is 9.59 Å². The van der Waals surface area contributed by atoms with Gasteiger partial charge < -0.3 is 9.47 Å². The second kappa shape index (κ2) is 6.24. The highest BCUT2D eigenvalue weighted by Crippen LogP contribution is 2.46. The van der Waals surface area contributed by atoms with Crippen LogP contribution in [0.3, 0.4) is 0 Å². The number of benzene rings is 2. The number of fused-ring (bicyclic) bond motifs is 1. The van der Waals surface area contributed by atoms with Crippen LogP contribution in [0.15, 0.2) is 48.5 Å². The molecule has 0 aliphatic heterocycles. The number of esters is 1. The number of ketones is 1. The fourth-order valence-electron chi connectivity index (χ4n) is 3.24. The van der Waals surface area contributed by atoms with E-state index in [-0.39, 0.29) is 18.3 Å². The lowest BCUT2D eigenvalue weighted by atomic mass is 9.85. The molecule has 118 valence electrons. The predicted octanol–water partition coefficient (Wildman–Crippen LogP) is 3.20. The Kier molecular flexibility index (Phi) is 4.15. The second-order valence-electron chi connectivity index (χ2n) is 5.41. The number of methoxy groups -OCH3 is 1. The van der Waals surface area contributed by atoms with Crippen molar-refractivity contribution in [3.05, 3.63) is 65.2 Å². The third-order valence-electron chi connectivity index (χ3n) is 4.17. The van der Waals surface area contributed by atoms with Gasteiger partial charge in [-0.15, -0.1) is 0 Å². The van der Waals surface area contributed by atoms with Crippen LogP contribution in [0.25, 0.3) is 0 Å². The number of hydrogen-bond acceptors (Lipinski definition) is 4. The van der Waals surface area contributed by atoms with Gasteiger partial charge >= 0.3 is 5.97 Å². The van der Waals surface area contributed by atoms with Gasteiger partial charge in [-0.25, -0.2) is 0 Å². The molecule has 0 fully saturated rings. The first-order valence-electron chi connectivity index (χ1n) is 7.61. The average Bonchev–Trinajstić information content (AvgIpc) is 2.89. The molecule has 1 aliphatic carbocycles. The summed E-state index contributed by atoms with van der Waals surface area (Å²) in [5.74, 6) is -1.41. The molecule has 4 heteroatoms. The number of Topliss-reactive ketones (excluding diaryl/α,β-unsaturated/α-hetero) is 1. The first kappa shape index (κ1) is 15.3. The van der Waals surface area contributed by atoms with Crippen LogP contribution in [0.4, 0.5) is 0 Å². The largest absolute Gasteiger partial charge is 0.496 e. The van der Waals surface area contributed by atoms with Crippen LogP contribution in [0, 0.1) is 5.92 Å². The minimum absolute atomic E-state index is 0.232. The maximum absolute atomic E-state index is 12.9. The molecule has 0 unspecified atom stereocenters. The molecular weight excluding hydrogens is 292 g/mol. The topological polar surface area (TPSA) is 52.6 Å². The lowest BCUT2D eigenvalue weighted by Crippen LogP contribution is -2.27. The fraction of sp³-hybridized carbons (Fsp3) is 0.263. The Morgan fingerprint density at radius 3 is 2.48 bits per heavy atom. The van der Waals surface area contributed by atoms with Crippen molar-refractivity contribution in [1.82, 2.24) is 0 Å². The standard InChI is InChI=1S/C19H18O4/c1-3-23-19(21)17-15(12-8-5-4-6-9-12)13-10-7-11-14(22-2)16(13)18(17)20/h4-11,15,17H,3H2,1-2H3/t15-,17+/m1/s1. The SMILES string of the molecule is CCOC(=O)[C@@H]1C(=O)c2c(OC)cccc2[C@H]1c1ccccc1. The predicted molar refractivity (Wildman–Crippen MR) is 85.7 cm³/mol. The molecule has 0 amide bonds. The highest BCUT2D eigenvalue weighted by Gasteiger charge is 2.47. The lowest BCUT2D eigenvalue weighted by Gasteiger charge is -2.18. The molecule has 23 heavy (non-hydrogen) atoms. The molecular formula is C19H18O4. The summed E-state index contributed by atoms with van der Waals surface area (Å²) in [4.78, 5) is 25.3. The number of carbonyl (C=O) groups excluding carboxylic acids is 2. The quantitative estimate of drug-likeness (QED) is 0.643. The number of ether oxygens (including phenoxy) is 2. The Bertz CT molecular complexity index is 736. The van der Waals surface area contributed by atoms with Gasteiger partial charge in [-0.1, -0.05) is 42.5 Å². The smallest absolute Gasteiger partial charge is 0.317 e. The molecule has 0 N–H and O–H groups in total. The van der Waals surface area contributed by atoms with Gasteiger partial charge in [0.15, 0.2) is 5.78 Å². The Morgan fingerprint density at radius 1 is 1.09 bits per heavy atom. The van der Waals surface area contributed by atoms with Crippen molar-refractivity contribution < 1.29 is 19.1 Å². The molecule has 4 nitrogen and oxygen atoms in total. The van der Waals surface area contributed by atoms with Crippen LogP contribution in [0.5, 0.6) is 5.75 Å². The zero-order valence-electron chi connectivity index (χ0n) is 13.1. The molecule has 0 aromatic heterocycles. The summed E-state index contributed by atoms with van der Waals surface area (Å²) in [5.41, 5.74) is 2.23. The van der Waals surface area contributed by atoms with E-state index in [4.69, 9.17) is 9.47 Å². The zero-order chi connectivity index (χ0) is 16.4. The van der Waals surface area contributed by atoms with E-state index in [0.29, 0.717) is 11.3 Å². The lowest BCUT2D eigenvalue weighted by molar-refractivity contribution is -0.146. The summed E-state index contributed by atoms with van der Waals surface area (Å²) in [6, 6.07) is 15.0. The molecule has 3 rings (SSSR count). The first-order chi connectivity index (χ1) is 11.2. The van der Waals surface area contributed by atoms with Gasteiger partial charge in [0, 0.05) is 5.92 Å². The molecule has 0 radical (unpaired) electrons. The average molecular weight is 310 g/mol. The van der Waals surface area contributed by atoms with Gasteiger partial charge in [-0.2, -0.15) is 0 Å². The van der Waals surface area contributed by atoms with E-state index in [0.717, 1.165) is 11.1 Å². The number of hydrogen-bond donors (Lipinski definition) is 0. The molecule has 2 aromatic rings. The van der Waals surface area contributed by atoms with Crippen LogP contribution in [0.2, 0.25) is 0 Å². The number of rotatable bonds is 4. The molecule has 0 heterocycles. The Labute approximate surface area is 135 Å². The highest BCUT2D eigenvalue weighted by atomic mass is 16.5. The van der Waals surface area contributed by atoms with Gasteiger partial charge in [-0.3, -0.25) is 9.59 Å². The van der Waals surface area contributed by atoms with Crippen molar-refractivity contribution in [3.8, 4) is 5.75 Å². The molecule has 0 saturated carbocycles. The third-order valence-corrected chi connectivity index (χ3v) is 4.17. The maximum Gasteiger partial charge on any atom is 0.317 e. The molecule has 0 saturated heterocycles. The van der Waals surface area contributed by atoms with Crippen LogP contribution in [0.1, 0.15) is 34.3 Å². The van der Waals surface area contributed by atoms with Crippen molar-refractivity contribution >= 4 is 11.8 Å². The highest BCUT2D eigenvalue weighted by molar-refractivity contribution is 6.15. The Morgan fingerprint density at radius 2 is 1.83 bits per heavy atom. The van der Waals surface area contributed by atoms with E-state index >= 15 is 0 Å². The van der Waals surface area contributed by atoms with Crippen molar-refractivity contribution in [2.45, 2.75) is 12.8 Å². The minimum atomic E-state index is -0.858. The minimum Gasteiger partial charge on any atom is -0.496 e. The Hall–Kier alpha value is -2.62. The van der Waals surface area contributed by atoms with Gasteiger partial charge in [0.1, 0.15) is 11.7 Å².